The molecule has 1 aliphatic rings. The van der Waals surface area contributed by atoms with Gasteiger partial charge in [0.2, 0.25) is 0 Å². The summed E-state index contributed by atoms with van der Waals surface area (Å²) in [5, 5.41) is 1.95. The minimum atomic E-state index is 0.182. The molecule has 0 aliphatic heterocycles. The average Bonchev–Trinajstić information content (AvgIpc) is 2.61. The van der Waals surface area contributed by atoms with E-state index in [1.807, 2.05) is 16.9 Å². The van der Waals surface area contributed by atoms with Crippen molar-refractivity contribution in [1.82, 2.24) is 9.47 Å². The summed E-state index contributed by atoms with van der Waals surface area (Å²) in [4.78, 5) is 14.3. The number of hydrogen-bond donors (Lipinski definition) is 0. The lowest BCUT2D eigenvalue weighted by molar-refractivity contribution is 0.212. The molecule has 0 aromatic carbocycles. The monoisotopic (exact) mass is 268 g/mol. The van der Waals surface area contributed by atoms with E-state index in [2.05, 4.69) is 11.9 Å². The minimum Gasteiger partial charge on any atom is -0.302 e. The predicted octanol–water partition coefficient (Wildman–Crippen LogP) is 2.87. The van der Waals surface area contributed by atoms with Crippen LogP contribution in [0.2, 0.25) is 0 Å². The molecule has 0 radical (unpaired) electrons. The van der Waals surface area contributed by atoms with Gasteiger partial charge in [-0.05, 0) is 26.8 Å². The largest absolute Gasteiger partial charge is 0.307 e. The molecule has 1 aromatic heterocycles. The summed E-state index contributed by atoms with van der Waals surface area (Å²) in [6.07, 6.45) is 8.18. The van der Waals surface area contributed by atoms with Crippen LogP contribution in [0.1, 0.15) is 44.2 Å². The summed E-state index contributed by atoms with van der Waals surface area (Å²) < 4.78 is 1.90. The van der Waals surface area contributed by atoms with Crippen molar-refractivity contribution in [1.29, 1.82) is 0 Å². The zero-order chi connectivity index (χ0) is 13.0. The van der Waals surface area contributed by atoms with Crippen molar-refractivity contribution in [3.05, 3.63) is 20.7 Å². The molecule has 102 valence electrons. The Kier molecular flexibility index (Phi) is 5.01. The molecular weight excluding hydrogens is 244 g/mol. The molecule has 0 amide bonds. The van der Waals surface area contributed by atoms with Crippen LogP contribution >= 0.6 is 11.3 Å². The van der Waals surface area contributed by atoms with Gasteiger partial charge in [0.15, 0.2) is 0 Å². The molecule has 3 nitrogen and oxygen atoms in total. The molecule has 1 saturated carbocycles. The second-order valence-electron chi connectivity index (χ2n) is 5.42. The molecule has 1 aliphatic carbocycles. The SMILES string of the molecule is Cc1csc(=O)n1CCN(C)C1CCCCCC1. The lowest BCUT2D eigenvalue weighted by Crippen LogP contribution is -2.35. The van der Waals surface area contributed by atoms with Gasteiger partial charge >= 0.3 is 4.87 Å². The van der Waals surface area contributed by atoms with E-state index in [-0.39, 0.29) is 4.87 Å². The third-order valence-corrected chi connectivity index (χ3v) is 4.98. The van der Waals surface area contributed by atoms with E-state index < -0.39 is 0 Å². The van der Waals surface area contributed by atoms with Crippen LogP contribution in [0.3, 0.4) is 0 Å². The maximum atomic E-state index is 11.6. The highest BCUT2D eigenvalue weighted by atomic mass is 32.1. The Hall–Kier alpha value is -0.610. The number of thiazole rings is 1. The van der Waals surface area contributed by atoms with E-state index in [1.54, 1.807) is 0 Å². The Labute approximate surface area is 113 Å². The van der Waals surface area contributed by atoms with E-state index in [4.69, 9.17) is 0 Å². The lowest BCUT2D eigenvalue weighted by Gasteiger charge is -2.27. The first kappa shape index (κ1) is 13.8. The maximum absolute atomic E-state index is 11.6. The molecule has 18 heavy (non-hydrogen) atoms. The fourth-order valence-electron chi connectivity index (χ4n) is 2.81. The Bertz CT molecular complexity index is 416. The molecule has 0 atom stereocenters. The van der Waals surface area contributed by atoms with Gasteiger partial charge in [-0.1, -0.05) is 37.0 Å². The maximum Gasteiger partial charge on any atom is 0.307 e. The van der Waals surface area contributed by atoms with Crippen molar-refractivity contribution in [3.8, 4) is 0 Å². The zero-order valence-corrected chi connectivity index (χ0v) is 12.3. The van der Waals surface area contributed by atoms with Gasteiger partial charge in [0, 0.05) is 30.2 Å². The molecule has 4 heteroatoms. The summed E-state index contributed by atoms with van der Waals surface area (Å²) in [7, 11) is 2.21. The quantitative estimate of drug-likeness (QED) is 0.785. The molecule has 2 rings (SSSR count). The Morgan fingerprint density at radius 3 is 2.56 bits per heavy atom. The molecule has 0 N–H and O–H groups in total. The molecule has 0 unspecified atom stereocenters. The minimum absolute atomic E-state index is 0.182. The van der Waals surface area contributed by atoms with Gasteiger partial charge in [-0.3, -0.25) is 4.79 Å². The van der Waals surface area contributed by atoms with Crippen LogP contribution in [0.5, 0.6) is 0 Å². The van der Waals surface area contributed by atoms with Gasteiger partial charge in [0.05, 0.1) is 0 Å². The summed E-state index contributed by atoms with van der Waals surface area (Å²) in [6.45, 7) is 3.84. The number of rotatable bonds is 4. The van der Waals surface area contributed by atoms with Gasteiger partial charge < -0.3 is 9.47 Å². The zero-order valence-electron chi connectivity index (χ0n) is 11.5. The van der Waals surface area contributed by atoms with E-state index in [1.165, 1.54) is 49.9 Å². The predicted molar refractivity (Wildman–Crippen MR) is 77.4 cm³/mol. The smallest absolute Gasteiger partial charge is 0.302 e. The first-order valence-corrected chi connectivity index (χ1v) is 7.91. The van der Waals surface area contributed by atoms with Gasteiger partial charge in [-0.15, -0.1) is 0 Å². The molecule has 1 fully saturated rings. The van der Waals surface area contributed by atoms with Crippen LogP contribution in [0.15, 0.2) is 10.2 Å². The third kappa shape index (κ3) is 3.45. The van der Waals surface area contributed by atoms with Crippen LogP contribution in [0, 0.1) is 6.92 Å². The van der Waals surface area contributed by atoms with Crippen molar-refractivity contribution in [3.63, 3.8) is 0 Å². The number of likely N-dealkylation sites (N-methyl/N-ethyl adjacent to an activating group) is 1. The number of aryl methyl sites for hydroxylation is 1. The molecule has 0 bridgehead atoms. The van der Waals surface area contributed by atoms with E-state index >= 15 is 0 Å². The molecular formula is C14H24N2OS. The van der Waals surface area contributed by atoms with Gasteiger partial charge in [-0.2, -0.15) is 0 Å². The van der Waals surface area contributed by atoms with Crippen LogP contribution in [0.4, 0.5) is 0 Å². The van der Waals surface area contributed by atoms with Crippen molar-refractivity contribution >= 4 is 11.3 Å². The Morgan fingerprint density at radius 1 is 1.33 bits per heavy atom. The summed E-state index contributed by atoms with van der Waals surface area (Å²) in [6, 6.07) is 0.724. The fraction of sp³-hybridized carbons (Fsp3) is 0.786. The average molecular weight is 268 g/mol. The Balaban J connectivity index is 1.87. The van der Waals surface area contributed by atoms with Crippen molar-refractivity contribution < 1.29 is 0 Å². The topological polar surface area (TPSA) is 25.2 Å². The second-order valence-corrected chi connectivity index (χ2v) is 6.24. The van der Waals surface area contributed by atoms with Crippen LogP contribution < -0.4 is 4.87 Å². The molecule has 1 aromatic rings. The second kappa shape index (κ2) is 6.53. The van der Waals surface area contributed by atoms with E-state index in [0.717, 1.165) is 24.8 Å². The third-order valence-electron chi connectivity index (χ3n) is 4.10. The molecule has 1 heterocycles. The fourth-order valence-corrected chi connectivity index (χ4v) is 3.57. The summed E-state index contributed by atoms with van der Waals surface area (Å²) >= 11 is 1.31. The molecule has 0 saturated heterocycles. The van der Waals surface area contributed by atoms with Crippen molar-refractivity contribution in [2.45, 2.75) is 58.0 Å². The molecule has 0 spiro atoms. The van der Waals surface area contributed by atoms with Crippen molar-refractivity contribution in [2.75, 3.05) is 13.6 Å². The lowest BCUT2D eigenvalue weighted by atomic mass is 10.1. The van der Waals surface area contributed by atoms with E-state index in [9.17, 15) is 4.79 Å². The van der Waals surface area contributed by atoms with Crippen molar-refractivity contribution in [2.24, 2.45) is 0 Å². The Morgan fingerprint density at radius 2 is 2.00 bits per heavy atom. The number of aromatic nitrogens is 1. The number of hydrogen-bond acceptors (Lipinski definition) is 3. The highest BCUT2D eigenvalue weighted by molar-refractivity contribution is 7.07. The normalized spacial score (nSPS) is 18.2. The van der Waals surface area contributed by atoms with Gasteiger partial charge in [0.1, 0.15) is 0 Å². The van der Waals surface area contributed by atoms with E-state index in [0.29, 0.717) is 0 Å². The standard InChI is InChI=1S/C14H24N2OS/c1-12-11-18-14(17)16(12)10-9-15(2)13-7-5-3-4-6-8-13/h11,13H,3-10H2,1-2H3. The summed E-state index contributed by atoms with van der Waals surface area (Å²) in [5.74, 6) is 0. The highest BCUT2D eigenvalue weighted by Crippen LogP contribution is 2.20. The van der Waals surface area contributed by atoms with Crippen LogP contribution in [0.25, 0.3) is 0 Å². The highest BCUT2D eigenvalue weighted by Gasteiger charge is 2.16. The van der Waals surface area contributed by atoms with Gasteiger partial charge in [-0.25, -0.2) is 0 Å². The first-order valence-electron chi connectivity index (χ1n) is 7.03. The first-order chi connectivity index (χ1) is 8.68. The van der Waals surface area contributed by atoms with Gasteiger partial charge in [0.25, 0.3) is 0 Å². The number of nitrogens with zero attached hydrogens (tertiary/aromatic N) is 2. The van der Waals surface area contributed by atoms with Crippen LogP contribution in [-0.4, -0.2) is 29.1 Å². The summed E-state index contributed by atoms with van der Waals surface area (Å²) in [5.41, 5.74) is 1.10. The van der Waals surface area contributed by atoms with Crippen LogP contribution in [-0.2, 0) is 6.54 Å².